The predicted octanol–water partition coefficient (Wildman–Crippen LogP) is 2.72. The Morgan fingerprint density at radius 1 is 1.57 bits per heavy atom. The Hall–Kier alpha value is -1.56. The summed E-state index contributed by atoms with van der Waals surface area (Å²) in [5, 5.41) is 3.53. The number of amides is 1. The number of rotatable bonds is 6. The fourth-order valence-electron chi connectivity index (χ4n) is 3.01. The Balaban J connectivity index is 1.75. The van der Waals surface area contributed by atoms with E-state index in [0.717, 1.165) is 44.5 Å². The van der Waals surface area contributed by atoms with Gasteiger partial charge in [-0.25, -0.2) is 9.78 Å². The van der Waals surface area contributed by atoms with Crippen LogP contribution < -0.4 is 5.32 Å². The van der Waals surface area contributed by atoms with Crippen LogP contribution in [0, 0.1) is 0 Å². The Morgan fingerprint density at radius 2 is 2.35 bits per heavy atom. The molecule has 1 aliphatic heterocycles. The zero-order valence-electron chi connectivity index (χ0n) is 14.8. The number of imidazole rings is 1. The van der Waals surface area contributed by atoms with Gasteiger partial charge in [0.25, 0.3) is 0 Å². The highest BCUT2D eigenvalue weighted by atomic mass is 16.6. The van der Waals surface area contributed by atoms with Crippen LogP contribution in [0.2, 0.25) is 0 Å². The van der Waals surface area contributed by atoms with E-state index in [-0.39, 0.29) is 12.1 Å². The normalized spacial score (nSPS) is 19.8. The molecule has 0 saturated carbocycles. The van der Waals surface area contributed by atoms with E-state index in [0.29, 0.717) is 6.04 Å². The fraction of sp³-hybridized carbons (Fsp3) is 0.765. The highest BCUT2D eigenvalue weighted by Crippen LogP contribution is 2.24. The Bertz CT molecular complexity index is 481. The van der Waals surface area contributed by atoms with E-state index in [1.165, 1.54) is 0 Å². The minimum atomic E-state index is -0.432. The molecular formula is C17H30N4O2. The van der Waals surface area contributed by atoms with Crippen LogP contribution in [0.15, 0.2) is 12.5 Å². The fourth-order valence-corrected chi connectivity index (χ4v) is 3.01. The lowest BCUT2D eigenvalue weighted by molar-refractivity contribution is 0.0215. The number of nitrogens with one attached hydrogen (secondary N) is 2. The lowest BCUT2D eigenvalue weighted by Gasteiger charge is -2.30. The lowest BCUT2D eigenvalue weighted by atomic mass is 10.1. The van der Waals surface area contributed by atoms with Gasteiger partial charge in [-0.2, -0.15) is 0 Å². The number of hydrogen-bond donors (Lipinski definition) is 2. The number of aromatic nitrogens is 2. The van der Waals surface area contributed by atoms with Gasteiger partial charge in [-0.15, -0.1) is 0 Å². The Labute approximate surface area is 139 Å². The third-order valence-corrected chi connectivity index (χ3v) is 4.07. The second-order valence-electron chi connectivity index (χ2n) is 7.39. The molecule has 1 saturated heterocycles. The van der Waals surface area contributed by atoms with E-state index in [2.05, 4.69) is 22.2 Å². The number of H-pyrrole nitrogens is 1. The van der Waals surface area contributed by atoms with E-state index in [1.807, 2.05) is 31.9 Å². The molecule has 2 unspecified atom stereocenters. The average Bonchev–Trinajstić information content (AvgIpc) is 3.07. The van der Waals surface area contributed by atoms with Gasteiger partial charge < -0.3 is 19.9 Å². The summed E-state index contributed by atoms with van der Waals surface area (Å²) in [5.74, 6) is 0. The molecule has 0 aromatic carbocycles. The molecule has 0 aliphatic carbocycles. The van der Waals surface area contributed by atoms with Gasteiger partial charge in [-0.05, 0) is 47.0 Å². The van der Waals surface area contributed by atoms with Crippen molar-refractivity contribution < 1.29 is 9.53 Å². The number of likely N-dealkylation sites (tertiary alicyclic amines) is 1. The monoisotopic (exact) mass is 322 g/mol. The van der Waals surface area contributed by atoms with Crippen LogP contribution in [-0.4, -0.2) is 51.7 Å². The molecule has 2 heterocycles. The Morgan fingerprint density at radius 3 is 3.00 bits per heavy atom. The quantitative estimate of drug-likeness (QED) is 0.845. The number of nitrogens with zero attached hydrogens (tertiary/aromatic N) is 2. The molecule has 2 N–H and O–H groups in total. The van der Waals surface area contributed by atoms with Gasteiger partial charge in [0, 0.05) is 43.5 Å². The second kappa shape index (κ2) is 7.81. The predicted molar refractivity (Wildman–Crippen MR) is 90.3 cm³/mol. The zero-order chi connectivity index (χ0) is 16.9. The van der Waals surface area contributed by atoms with E-state index < -0.39 is 5.60 Å². The lowest BCUT2D eigenvalue weighted by Crippen LogP contribution is -2.42. The maximum atomic E-state index is 12.3. The third-order valence-electron chi connectivity index (χ3n) is 4.07. The molecule has 1 aliphatic rings. The molecule has 0 radical (unpaired) electrons. The maximum Gasteiger partial charge on any atom is 0.410 e. The standard InChI is InChI=1S/C17H30N4O2/c1-13(19-8-7-14-11-18-12-20-14)10-15-6-5-9-21(15)16(22)23-17(2,3)4/h11-13,15,19H,5-10H2,1-4H3,(H,18,20). The van der Waals surface area contributed by atoms with Crippen molar-refractivity contribution in [3.63, 3.8) is 0 Å². The molecule has 1 fully saturated rings. The Kier molecular flexibility index (Phi) is 6.04. The summed E-state index contributed by atoms with van der Waals surface area (Å²) in [4.78, 5) is 21.3. The van der Waals surface area contributed by atoms with E-state index in [1.54, 1.807) is 6.33 Å². The first-order valence-corrected chi connectivity index (χ1v) is 8.55. The minimum absolute atomic E-state index is 0.176. The molecule has 23 heavy (non-hydrogen) atoms. The summed E-state index contributed by atoms with van der Waals surface area (Å²) in [5.41, 5.74) is 0.707. The third kappa shape index (κ3) is 5.86. The van der Waals surface area contributed by atoms with Crippen molar-refractivity contribution in [2.24, 2.45) is 0 Å². The number of hydrogen-bond acceptors (Lipinski definition) is 4. The van der Waals surface area contributed by atoms with E-state index in [9.17, 15) is 4.79 Å². The van der Waals surface area contributed by atoms with Crippen LogP contribution in [0.4, 0.5) is 4.79 Å². The number of ether oxygens (including phenoxy) is 1. The van der Waals surface area contributed by atoms with Gasteiger partial charge in [-0.1, -0.05) is 0 Å². The first kappa shape index (κ1) is 17.8. The first-order chi connectivity index (χ1) is 10.8. The van der Waals surface area contributed by atoms with Crippen LogP contribution in [-0.2, 0) is 11.2 Å². The van der Waals surface area contributed by atoms with Crippen molar-refractivity contribution in [2.45, 2.75) is 71.1 Å². The highest BCUT2D eigenvalue weighted by Gasteiger charge is 2.32. The zero-order valence-corrected chi connectivity index (χ0v) is 14.8. The molecule has 6 nitrogen and oxygen atoms in total. The van der Waals surface area contributed by atoms with Crippen LogP contribution in [0.25, 0.3) is 0 Å². The van der Waals surface area contributed by atoms with Crippen LogP contribution >= 0.6 is 0 Å². The molecule has 2 atom stereocenters. The van der Waals surface area contributed by atoms with Gasteiger partial charge in [-0.3, -0.25) is 0 Å². The minimum Gasteiger partial charge on any atom is -0.444 e. The van der Waals surface area contributed by atoms with Crippen LogP contribution in [0.5, 0.6) is 0 Å². The van der Waals surface area contributed by atoms with Crippen LogP contribution in [0.3, 0.4) is 0 Å². The largest absolute Gasteiger partial charge is 0.444 e. The van der Waals surface area contributed by atoms with Crippen molar-refractivity contribution in [1.29, 1.82) is 0 Å². The highest BCUT2D eigenvalue weighted by molar-refractivity contribution is 5.68. The summed E-state index contributed by atoms with van der Waals surface area (Å²) in [6.45, 7) is 9.63. The van der Waals surface area contributed by atoms with E-state index in [4.69, 9.17) is 4.74 Å². The topological polar surface area (TPSA) is 70.2 Å². The van der Waals surface area contributed by atoms with Crippen molar-refractivity contribution in [1.82, 2.24) is 20.2 Å². The summed E-state index contributed by atoms with van der Waals surface area (Å²) in [6, 6.07) is 0.644. The molecule has 0 spiro atoms. The summed E-state index contributed by atoms with van der Waals surface area (Å²) in [7, 11) is 0. The van der Waals surface area contributed by atoms with Gasteiger partial charge in [0.1, 0.15) is 5.60 Å². The average molecular weight is 322 g/mol. The smallest absolute Gasteiger partial charge is 0.410 e. The number of carbonyl (C=O) groups is 1. The second-order valence-corrected chi connectivity index (χ2v) is 7.39. The summed E-state index contributed by atoms with van der Waals surface area (Å²) < 4.78 is 5.52. The molecule has 2 rings (SSSR count). The van der Waals surface area contributed by atoms with Crippen molar-refractivity contribution in [2.75, 3.05) is 13.1 Å². The maximum absolute atomic E-state index is 12.3. The first-order valence-electron chi connectivity index (χ1n) is 8.55. The van der Waals surface area contributed by atoms with E-state index >= 15 is 0 Å². The number of carbonyl (C=O) groups excluding carboxylic acids is 1. The molecule has 1 aromatic rings. The molecular weight excluding hydrogens is 292 g/mol. The van der Waals surface area contributed by atoms with Gasteiger partial charge in [0.05, 0.1) is 6.33 Å². The number of aromatic amines is 1. The molecule has 1 amide bonds. The van der Waals surface area contributed by atoms with Gasteiger partial charge in [0.15, 0.2) is 0 Å². The molecule has 1 aromatic heterocycles. The summed E-state index contributed by atoms with van der Waals surface area (Å²) >= 11 is 0. The van der Waals surface area contributed by atoms with Crippen LogP contribution in [0.1, 0.15) is 52.7 Å². The van der Waals surface area contributed by atoms with Crippen molar-refractivity contribution in [3.05, 3.63) is 18.2 Å². The SMILES string of the molecule is CC(CC1CCCN1C(=O)OC(C)(C)C)NCCc1cnc[nH]1. The van der Waals surface area contributed by atoms with Gasteiger partial charge >= 0.3 is 6.09 Å². The van der Waals surface area contributed by atoms with Gasteiger partial charge in [0.2, 0.25) is 0 Å². The summed E-state index contributed by atoms with van der Waals surface area (Å²) in [6.07, 6.45) is 7.40. The molecule has 6 heteroatoms. The molecule has 0 bridgehead atoms. The van der Waals surface area contributed by atoms with Crippen molar-refractivity contribution in [3.8, 4) is 0 Å². The molecule has 130 valence electrons. The van der Waals surface area contributed by atoms with Crippen molar-refractivity contribution >= 4 is 6.09 Å².